The second-order valence-corrected chi connectivity index (χ2v) is 8.74. The Morgan fingerprint density at radius 2 is 1.94 bits per heavy atom. The Bertz CT molecular complexity index is 1430. The maximum absolute atomic E-state index is 12.7. The number of carbonyl (C=O) groups excluding carboxylic acids is 1. The van der Waals surface area contributed by atoms with Crippen LogP contribution in [-0.2, 0) is 4.79 Å². The first-order valence-electron chi connectivity index (χ1n) is 9.62. The van der Waals surface area contributed by atoms with Gasteiger partial charge in [0.05, 0.1) is 16.2 Å². The number of aliphatic imine (C=N–C) groups is 1. The topological polar surface area (TPSA) is 113 Å². The van der Waals surface area contributed by atoms with Crippen molar-refractivity contribution in [3.8, 4) is 11.3 Å². The molecule has 0 fully saturated rings. The molecule has 2 aliphatic rings. The number of nitrogens with one attached hydrogen (secondary N) is 1. The maximum Gasteiger partial charge on any atom is 0.283 e. The average Bonchev–Trinajstić information content (AvgIpc) is 3.44. The summed E-state index contributed by atoms with van der Waals surface area (Å²) in [6.07, 6.45) is 1.49. The van der Waals surface area contributed by atoms with Crippen LogP contribution in [0, 0.1) is 15.5 Å². The number of thioether (sulfide) groups is 1. The number of nitro groups is 1. The summed E-state index contributed by atoms with van der Waals surface area (Å²) in [5, 5.41) is 22.0. The van der Waals surface area contributed by atoms with E-state index in [1.165, 1.54) is 30.0 Å². The van der Waals surface area contributed by atoms with Crippen molar-refractivity contribution in [2.45, 2.75) is 0 Å². The number of amides is 1. The molecule has 33 heavy (non-hydrogen) atoms. The van der Waals surface area contributed by atoms with E-state index < -0.39 is 10.8 Å². The second kappa shape index (κ2) is 8.30. The Hall–Kier alpha value is -3.76. The van der Waals surface area contributed by atoms with Gasteiger partial charge in [-0.1, -0.05) is 42.1 Å². The molecule has 0 spiro atoms. The van der Waals surface area contributed by atoms with Gasteiger partial charge in [0.15, 0.2) is 5.17 Å². The van der Waals surface area contributed by atoms with Crippen LogP contribution in [0.5, 0.6) is 0 Å². The SMILES string of the molecule is N=C1/C(=C\c2ccc(-c3ccc([N+](=O)[O-])cc3Br)o2)C(=O)N=C2SC=C(c3ccccc3)N12. The van der Waals surface area contributed by atoms with Crippen LogP contribution in [-0.4, -0.2) is 26.7 Å². The van der Waals surface area contributed by atoms with Gasteiger partial charge >= 0.3 is 0 Å². The van der Waals surface area contributed by atoms with Crippen molar-refractivity contribution in [2.24, 2.45) is 4.99 Å². The molecule has 0 saturated heterocycles. The zero-order chi connectivity index (χ0) is 23.1. The molecule has 2 aliphatic heterocycles. The summed E-state index contributed by atoms with van der Waals surface area (Å²) in [6, 6.07) is 17.3. The number of rotatable bonds is 4. The third kappa shape index (κ3) is 3.83. The maximum atomic E-state index is 12.7. The molecule has 3 aromatic rings. The van der Waals surface area contributed by atoms with E-state index in [1.54, 1.807) is 23.1 Å². The number of non-ortho nitro benzene ring substituents is 1. The summed E-state index contributed by atoms with van der Waals surface area (Å²) >= 11 is 4.64. The Balaban J connectivity index is 1.47. The first kappa shape index (κ1) is 21.1. The molecule has 5 rings (SSSR count). The molecule has 0 saturated carbocycles. The lowest BCUT2D eigenvalue weighted by Crippen LogP contribution is -2.37. The van der Waals surface area contributed by atoms with Gasteiger partial charge in [0.25, 0.3) is 11.6 Å². The highest BCUT2D eigenvalue weighted by Gasteiger charge is 2.36. The minimum absolute atomic E-state index is 0.0135. The lowest BCUT2D eigenvalue weighted by atomic mass is 10.1. The molecule has 162 valence electrons. The third-order valence-corrected chi connectivity index (χ3v) is 6.51. The van der Waals surface area contributed by atoms with E-state index in [-0.39, 0.29) is 17.1 Å². The van der Waals surface area contributed by atoms with Crippen molar-refractivity contribution in [1.29, 1.82) is 5.41 Å². The van der Waals surface area contributed by atoms with E-state index in [1.807, 2.05) is 35.7 Å². The Labute approximate surface area is 200 Å². The predicted octanol–water partition coefficient (Wildman–Crippen LogP) is 5.92. The molecule has 1 aromatic heterocycles. The van der Waals surface area contributed by atoms with Crippen molar-refractivity contribution in [1.82, 2.24) is 4.90 Å². The summed E-state index contributed by atoms with van der Waals surface area (Å²) in [5.74, 6) is 0.318. The molecule has 10 heteroatoms. The van der Waals surface area contributed by atoms with Crippen LogP contribution in [0.2, 0.25) is 0 Å². The molecular weight excluding hydrogens is 508 g/mol. The van der Waals surface area contributed by atoms with Gasteiger partial charge in [-0.25, -0.2) is 0 Å². The molecule has 0 aliphatic carbocycles. The van der Waals surface area contributed by atoms with E-state index in [2.05, 4.69) is 20.9 Å². The van der Waals surface area contributed by atoms with Gasteiger partial charge in [-0.3, -0.25) is 25.2 Å². The fourth-order valence-electron chi connectivity index (χ4n) is 3.45. The fraction of sp³-hybridized carbons (Fsp3) is 0. The number of furan rings is 1. The predicted molar refractivity (Wildman–Crippen MR) is 130 cm³/mol. The molecule has 1 amide bonds. The Morgan fingerprint density at radius 3 is 2.67 bits per heavy atom. The standard InChI is InChI=1S/C23H13BrN4O4S/c24-18-10-14(28(30)31)6-8-16(18)20-9-7-15(32-20)11-17-21(25)27-19(13-4-2-1-3-5-13)12-33-23(27)26-22(17)29/h1-12,25H/b17-11+,25-21?. The molecule has 8 nitrogen and oxygen atoms in total. The highest BCUT2D eigenvalue weighted by molar-refractivity contribution is 9.10. The van der Waals surface area contributed by atoms with Gasteiger partial charge in [-0.2, -0.15) is 4.99 Å². The zero-order valence-corrected chi connectivity index (χ0v) is 19.1. The molecule has 2 aromatic carbocycles. The third-order valence-electron chi connectivity index (χ3n) is 5.03. The minimum Gasteiger partial charge on any atom is -0.457 e. The van der Waals surface area contributed by atoms with Crippen LogP contribution in [0.4, 0.5) is 5.69 Å². The number of hydrogen-bond acceptors (Lipinski definition) is 6. The number of fused-ring (bicyclic) bond motifs is 1. The van der Waals surface area contributed by atoms with E-state index >= 15 is 0 Å². The lowest BCUT2D eigenvalue weighted by Gasteiger charge is -2.26. The van der Waals surface area contributed by atoms with Gasteiger partial charge in [0.2, 0.25) is 0 Å². The van der Waals surface area contributed by atoms with E-state index in [0.717, 1.165) is 11.3 Å². The molecule has 0 atom stereocenters. The molecule has 1 N–H and O–H groups in total. The number of nitrogens with zero attached hydrogens (tertiary/aromatic N) is 3. The number of hydrogen-bond donors (Lipinski definition) is 1. The smallest absolute Gasteiger partial charge is 0.283 e. The molecule has 0 bridgehead atoms. The van der Waals surface area contributed by atoms with Crippen LogP contribution >= 0.6 is 27.7 Å². The van der Waals surface area contributed by atoms with Crippen LogP contribution in [0.1, 0.15) is 11.3 Å². The van der Waals surface area contributed by atoms with Crippen molar-refractivity contribution in [3.63, 3.8) is 0 Å². The van der Waals surface area contributed by atoms with Gasteiger partial charge in [0, 0.05) is 27.6 Å². The molecule has 3 heterocycles. The number of amidine groups is 2. The number of carbonyl (C=O) groups is 1. The van der Waals surface area contributed by atoms with Crippen molar-refractivity contribution < 1.29 is 14.1 Å². The molecule has 0 radical (unpaired) electrons. The van der Waals surface area contributed by atoms with E-state index in [0.29, 0.717) is 26.7 Å². The highest BCUT2D eigenvalue weighted by Crippen LogP contribution is 2.38. The monoisotopic (exact) mass is 520 g/mol. The number of nitro benzene ring substituents is 1. The number of benzene rings is 2. The first-order chi connectivity index (χ1) is 15.9. The summed E-state index contributed by atoms with van der Waals surface area (Å²) < 4.78 is 6.37. The van der Waals surface area contributed by atoms with Gasteiger partial charge in [-0.15, -0.1) is 0 Å². The lowest BCUT2D eigenvalue weighted by molar-refractivity contribution is -0.384. The van der Waals surface area contributed by atoms with Crippen LogP contribution < -0.4 is 0 Å². The summed E-state index contributed by atoms with van der Waals surface area (Å²) in [6.45, 7) is 0. The normalized spacial score (nSPS) is 16.6. The first-order valence-corrected chi connectivity index (χ1v) is 11.3. The van der Waals surface area contributed by atoms with Crippen molar-refractivity contribution in [2.75, 3.05) is 0 Å². The minimum atomic E-state index is -0.518. The Morgan fingerprint density at radius 1 is 1.15 bits per heavy atom. The largest absolute Gasteiger partial charge is 0.457 e. The van der Waals surface area contributed by atoms with Crippen molar-refractivity contribution in [3.05, 3.63) is 97.6 Å². The van der Waals surface area contributed by atoms with Gasteiger partial charge in [0.1, 0.15) is 17.4 Å². The summed E-state index contributed by atoms with van der Waals surface area (Å²) in [5.41, 5.74) is 2.38. The van der Waals surface area contributed by atoms with Crippen LogP contribution in [0.3, 0.4) is 0 Å². The van der Waals surface area contributed by atoms with E-state index in [4.69, 9.17) is 9.83 Å². The summed E-state index contributed by atoms with van der Waals surface area (Å²) in [4.78, 5) is 28.9. The van der Waals surface area contributed by atoms with Crippen LogP contribution in [0.15, 0.2) is 85.5 Å². The number of halogens is 1. The summed E-state index contributed by atoms with van der Waals surface area (Å²) in [7, 11) is 0. The van der Waals surface area contributed by atoms with Gasteiger partial charge in [-0.05, 0) is 45.8 Å². The average molecular weight is 521 g/mol. The second-order valence-electron chi connectivity index (χ2n) is 7.05. The quantitative estimate of drug-likeness (QED) is 0.259. The van der Waals surface area contributed by atoms with Crippen LogP contribution in [0.25, 0.3) is 23.1 Å². The fourth-order valence-corrected chi connectivity index (χ4v) is 4.90. The zero-order valence-electron chi connectivity index (χ0n) is 16.7. The van der Waals surface area contributed by atoms with Gasteiger partial charge < -0.3 is 4.42 Å². The van der Waals surface area contributed by atoms with E-state index in [9.17, 15) is 14.9 Å². The molecular formula is C23H13BrN4O4S. The van der Waals surface area contributed by atoms with Crippen molar-refractivity contribution >= 4 is 62.1 Å². The highest BCUT2D eigenvalue weighted by atomic mass is 79.9. The Kier molecular flexibility index (Phi) is 5.31. The molecule has 0 unspecified atom stereocenters.